The van der Waals surface area contributed by atoms with Crippen molar-refractivity contribution in [3.8, 4) is 0 Å². The minimum absolute atomic E-state index is 0.0104. The third-order valence-corrected chi connectivity index (χ3v) is 9.02. The molecule has 0 radical (unpaired) electrons. The monoisotopic (exact) mass is 385 g/mol. The number of rotatable bonds is 2. The van der Waals surface area contributed by atoms with Gasteiger partial charge in [0, 0.05) is 11.8 Å². The Morgan fingerprint density at radius 1 is 1.19 bits per heavy atom. The Morgan fingerprint density at radius 2 is 1.89 bits per heavy atom. The molecular weight excluding hydrogens is 358 g/mol. The number of carbonyl (C=O) groups excluding carboxylic acids is 1. The van der Waals surface area contributed by atoms with Crippen molar-refractivity contribution in [2.45, 2.75) is 58.1 Å². The van der Waals surface area contributed by atoms with Gasteiger partial charge in [-0.2, -0.15) is 13.2 Å². The van der Waals surface area contributed by atoms with Gasteiger partial charge in [-0.25, -0.2) is 0 Å². The van der Waals surface area contributed by atoms with Crippen molar-refractivity contribution in [2.75, 3.05) is 13.1 Å². The topological polar surface area (TPSA) is 35.5 Å². The minimum Gasteiger partial charge on any atom is -0.630 e. The lowest BCUT2D eigenvalue weighted by Crippen LogP contribution is -2.73. The normalized spacial score (nSPS) is 52.7. The summed E-state index contributed by atoms with van der Waals surface area (Å²) in [4.78, 5) is 12.4. The predicted molar refractivity (Wildman–Crippen MR) is 92.9 cm³/mol. The first kappa shape index (κ1) is 17.9. The van der Waals surface area contributed by atoms with Crippen LogP contribution in [0.4, 0.5) is 13.2 Å². The Labute approximate surface area is 157 Å². The molecule has 150 valence electrons. The Hall–Kier alpha value is -1.18. The van der Waals surface area contributed by atoms with Crippen molar-refractivity contribution in [1.82, 2.24) is 0 Å². The van der Waals surface area contributed by atoms with Crippen LogP contribution < -0.4 is 0 Å². The molecule has 0 aromatic carbocycles. The Morgan fingerprint density at radius 3 is 2.44 bits per heavy atom. The van der Waals surface area contributed by atoms with E-state index in [1.54, 1.807) is 0 Å². The number of quaternary nitrogens is 1. The summed E-state index contributed by atoms with van der Waals surface area (Å²) in [6, 6.07) is 0.0990. The van der Waals surface area contributed by atoms with E-state index in [0.717, 1.165) is 6.42 Å². The third-order valence-electron chi connectivity index (χ3n) is 9.02. The van der Waals surface area contributed by atoms with Crippen LogP contribution in [0.25, 0.3) is 0 Å². The highest BCUT2D eigenvalue weighted by Gasteiger charge is 2.80. The molecule has 4 unspecified atom stereocenters. The molecule has 6 fully saturated rings. The molecule has 8 heteroatoms. The van der Waals surface area contributed by atoms with E-state index in [9.17, 15) is 18.0 Å². The number of nitrogens with zero attached hydrogens (tertiary/aromatic N) is 1. The molecule has 0 aromatic heterocycles. The fourth-order valence-corrected chi connectivity index (χ4v) is 7.53. The molecular formula is C19H27BF3NO3. The highest BCUT2D eigenvalue weighted by molar-refractivity contribution is 6.66. The molecule has 2 saturated heterocycles. The van der Waals surface area contributed by atoms with E-state index in [2.05, 4.69) is 27.4 Å². The van der Waals surface area contributed by atoms with Gasteiger partial charge in [0.25, 0.3) is 0 Å². The van der Waals surface area contributed by atoms with Crippen LogP contribution in [0.2, 0.25) is 5.82 Å². The van der Waals surface area contributed by atoms with Gasteiger partial charge in [-0.3, -0.25) is 4.79 Å². The van der Waals surface area contributed by atoms with E-state index in [1.165, 1.54) is 6.42 Å². The SMILES string of the molecule is C=C1C[N+]2([C@@H]3C[C@@H]4C[C@H]([C@H]3C)C4(C)C)CC(=O)O[B-]2(C2CC2C(F)(F)F)O1. The van der Waals surface area contributed by atoms with Crippen LogP contribution in [0, 0.1) is 29.1 Å². The molecule has 2 bridgehead atoms. The molecule has 6 aliphatic rings. The van der Waals surface area contributed by atoms with Gasteiger partial charge in [-0.1, -0.05) is 33.8 Å². The van der Waals surface area contributed by atoms with Gasteiger partial charge in [0.05, 0.1) is 18.3 Å². The summed E-state index contributed by atoms with van der Waals surface area (Å²) in [5.41, 5.74) is 0.264. The first-order valence-electron chi connectivity index (χ1n) is 10.1. The highest BCUT2D eigenvalue weighted by atomic mass is 19.4. The van der Waals surface area contributed by atoms with E-state index < -0.39 is 30.6 Å². The Balaban J connectivity index is 1.55. The van der Waals surface area contributed by atoms with Crippen LogP contribution in [-0.2, 0) is 14.1 Å². The second-order valence-electron chi connectivity index (χ2n) is 10.4. The van der Waals surface area contributed by atoms with E-state index in [1.807, 2.05) is 0 Å². The quantitative estimate of drug-likeness (QED) is 0.678. The molecule has 2 heterocycles. The lowest BCUT2D eigenvalue weighted by molar-refractivity contribution is -0.854. The maximum Gasteiger partial charge on any atom is 0.585 e. The number of carbonyl (C=O) groups is 1. The maximum absolute atomic E-state index is 13.4. The molecule has 0 amide bonds. The van der Waals surface area contributed by atoms with E-state index in [0.29, 0.717) is 30.1 Å². The lowest BCUT2D eigenvalue weighted by Gasteiger charge is -2.66. The molecule has 6 rings (SSSR count). The smallest absolute Gasteiger partial charge is 0.585 e. The number of hydrogen-bond donors (Lipinski definition) is 0. The van der Waals surface area contributed by atoms with Crippen molar-refractivity contribution in [3.63, 3.8) is 0 Å². The van der Waals surface area contributed by atoms with Crippen molar-refractivity contribution < 1.29 is 31.7 Å². The van der Waals surface area contributed by atoms with Gasteiger partial charge < -0.3 is 13.7 Å². The van der Waals surface area contributed by atoms with Gasteiger partial charge in [-0.15, -0.1) is 0 Å². The number of alkyl halides is 3. The third kappa shape index (κ3) is 2.03. The summed E-state index contributed by atoms with van der Waals surface area (Å²) in [6.45, 7) is 8.87. The predicted octanol–water partition coefficient (Wildman–Crippen LogP) is 3.87. The first-order chi connectivity index (χ1) is 12.4. The second-order valence-corrected chi connectivity index (χ2v) is 10.4. The second kappa shape index (κ2) is 4.86. The fraction of sp³-hybridized carbons (Fsp3) is 0.842. The molecule has 2 aliphatic heterocycles. The molecule has 4 aliphatic carbocycles. The first-order valence-corrected chi connectivity index (χ1v) is 10.1. The van der Waals surface area contributed by atoms with Crippen molar-refractivity contribution in [3.05, 3.63) is 12.3 Å². The van der Waals surface area contributed by atoms with E-state index >= 15 is 0 Å². The van der Waals surface area contributed by atoms with Crippen molar-refractivity contribution >= 4 is 12.7 Å². The summed E-state index contributed by atoms with van der Waals surface area (Å²) in [7, 11) is 0. The zero-order valence-corrected chi connectivity index (χ0v) is 16.1. The molecule has 0 spiro atoms. The highest BCUT2D eigenvalue weighted by Crippen LogP contribution is 2.69. The fourth-order valence-electron chi connectivity index (χ4n) is 7.53. The van der Waals surface area contributed by atoms with Crippen LogP contribution >= 0.6 is 0 Å². The summed E-state index contributed by atoms with van der Waals surface area (Å²) in [5, 5.41) is 0. The molecule has 4 saturated carbocycles. The minimum atomic E-state index is -4.28. The molecule has 0 aromatic rings. The summed E-state index contributed by atoms with van der Waals surface area (Å²) in [5.74, 6) is -0.748. The van der Waals surface area contributed by atoms with E-state index in [-0.39, 0.29) is 28.8 Å². The Kier molecular flexibility index (Phi) is 3.22. The average molecular weight is 385 g/mol. The standard InChI is InChI=1S/C19H27BF3NO3/c1-10-8-24(16-6-12-5-13(11(16)2)18(12,3)4)9-17(25)27-20(24,26-10)15-7-14(15)19(21,22)23/h11-16H,1,5-9H2,2-4H3/t11-,12+,13-,14?,15?,16-,20?,24?/m1/s1. The summed E-state index contributed by atoms with van der Waals surface area (Å²) in [6.07, 6.45) is -2.19. The number of hydrogen-bond acceptors (Lipinski definition) is 3. The maximum atomic E-state index is 13.4. The molecule has 0 N–H and O–H groups in total. The van der Waals surface area contributed by atoms with Gasteiger partial charge >= 0.3 is 18.8 Å². The summed E-state index contributed by atoms with van der Waals surface area (Å²) < 4.78 is 52.1. The van der Waals surface area contributed by atoms with Crippen LogP contribution in [0.15, 0.2) is 12.3 Å². The zero-order valence-electron chi connectivity index (χ0n) is 16.1. The molecule has 27 heavy (non-hydrogen) atoms. The lowest BCUT2D eigenvalue weighted by atomic mass is 9.43. The number of fused-ring (bicyclic) bond motifs is 4. The summed E-state index contributed by atoms with van der Waals surface area (Å²) >= 11 is 0. The number of halogens is 3. The largest absolute Gasteiger partial charge is 0.630 e. The average Bonchev–Trinajstić information content (AvgIpc) is 3.23. The van der Waals surface area contributed by atoms with Crippen LogP contribution in [0.1, 0.15) is 40.0 Å². The molecule has 8 atom stereocenters. The Bertz CT molecular complexity index is 716. The van der Waals surface area contributed by atoms with Crippen LogP contribution in [0.5, 0.6) is 0 Å². The van der Waals surface area contributed by atoms with Gasteiger partial charge in [0.15, 0.2) is 0 Å². The van der Waals surface area contributed by atoms with Crippen molar-refractivity contribution in [2.24, 2.45) is 29.1 Å². The van der Waals surface area contributed by atoms with Gasteiger partial charge in [0.2, 0.25) is 0 Å². The van der Waals surface area contributed by atoms with Crippen LogP contribution in [0.3, 0.4) is 0 Å². The van der Waals surface area contributed by atoms with Crippen molar-refractivity contribution in [1.29, 1.82) is 0 Å². The van der Waals surface area contributed by atoms with Crippen LogP contribution in [-0.4, -0.2) is 42.4 Å². The van der Waals surface area contributed by atoms with Gasteiger partial charge in [-0.05, 0) is 35.9 Å². The van der Waals surface area contributed by atoms with E-state index in [4.69, 9.17) is 9.31 Å². The van der Waals surface area contributed by atoms with Gasteiger partial charge in [0.1, 0.15) is 6.54 Å². The molecule has 4 nitrogen and oxygen atoms in total. The zero-order chi connectivity index (χ0) is 19.6.